The fourth-order valence-electron chi connectivity index (χ4n) is 3.16. The zero-order chi connectivity index (χ0) is 12.3. The van der Waals surface area contributed by atoms with Gasteiger partial charge in [-0.05, 0) is 25.3 Å². The zero-order valence-electron chi connectivity index (χ0n) is 10.6. The van der Waals surface area contributed by atoms with Gasteiger partial charge in [-0.25, -0.2) is 0 Å². The molecule has 0 aromatic heterocycles. The van der Waals surface area contributed by atoms with Gasteiger partial charge in [0.15, 0.2) is 0 Å². The first-order valence-electron chi connectivity index (χ1n) is 6.77. The molecular formula is C13H23NO3. The van der Waals surface area contributed by atoms with Crippen molar-refractivity contribution < 1.29 is 14.6 Å². The summed E-state index contributed by atoms with van der Waals surface area (Å²) in [6.07, 6.45) is 5.29. The lowest BCUT2D eigenvalue weighted by Crippen LogP contribution is -2.45. The normalized spacial score (nSPS) is 30.2. The molecule has 4 nitrogen and oxygen atoms in total. The van der Waals surface area contributed by atoms with E-state index in [1.165, 1.54) is 25.7 Å². The molecule has 1 saturated heterocycles. The fraction of sp³-hybridized carbons (Fsp3) is 0.923. The highest BCUT2D eigenvalue weighted by Crippen LogP contribution is 2.28. The summed E-state index contributed by atoms with van der Waals surface area (Å²) in [4.78, 5) is 13.5. The second-order valence-electron chi connectivity index (χ2n) is 5.29. The van der Waals surface area contributed by atoms with E-state index in [0.717, 1.165) is 19.0 Å². The molecule has 1 aliphatic carbocycles. The number of likely N-dealkylation sites (N-methyl/N-ethyl adjacent to an activating group) is 1. The van der Waals surface area contributed by atoms with E-state index in [2.05, 4.69) is 11.8 Å². The van der Waals surface area contributed by atoms with E-state index in [4.69, 9.17) is 4.74 Å². The highest BCUT2D eigenvalue weighted by molar-refractivity contribution is 5.71. The van der Waals surface area contributed by atoms with E-state index >= 15 is 0 Å². The molecule has 0 spiro atoms. The summed E-state index contributed by atoms with van der Waals surface area (Å²) < 4.78 is 5.36. The van der Waals surface area contributed by atoms with Gasteiger partial charge in [0.05, 0.1) is 19.1 Å². The molecule has 0 aromatic carbocycles. The van der Waals surface area contributed by atoms with Crippen molar-refractivity contribution in [3.8, 4) is 0 Å². The van der Waals surface area contributed by atoms with Crippen LogP contribution in [0.25, 0.3) is 0 Å². The highest BCUT2D eigenvalue weighted by atomic mass is 16.5. The van der Waals surface area contributed by atoms with Crippen LogP contribution in [0.5, 0.6) is 0 Å². The second kappa shape index (κ2) is 5.83. The Morgan fingerprint density at radius 2 is 2.06 bits per heavy atom. The first kappa shape index (κ1) is 12.8. The molecular weight excluding hydrogens is 218 g/mol. The molecule has 1 heterocycles. The number of carboxylic acid groups (broad SMARTS) is 1. The third-order valence-corrected chi connectivity index (χ3v) is 4.21. The Labute approximate surface area is 103 Å². The number of rotatable bonds is 5. The molecule has 17 heavy (non-hydrogen) atoms. The smallest absolute Gasteiger partial charge is 0.310 e. The first-order valence-corrected chi connectivity index (χ1v) is 6.77. The lowest BCUT2D eigenvalue weighted by Gasteiger charge is -2.31. The first-order chi connectivity index (χ1) is 8.22. The fourth-order valence-corrected chi connectivity index (χ4v) is 3.16. The van der Waals surface area contributed by atoms with Gasteiger partial charge in [0.2, 0.25) is 0 Å². The van der Waals surface area contributed by atoms with Gasteiger partial charge in [-0.1, -0.05) is 19.8 Å². The number of ether oxygens (including phenoxy) is 1. The SMILES string of the molecule is CCN(CC1CCCC1)C1COCC1C(=O)O. The van der Waals surface area contributed by atoms with Crippen LogP contribution in [0.15, 0.2) is 0 Å². The quantitative estimate of drug-likeness (QED) is 0.794. The van der Waals surface area contributed by atoms with Crippen molar-refractivity contribution in [1.82, 2.24) is 4.90 Å². The molecule has 98 valence electrons. The third-order valence-electron chi connectivity index (χ3n) is 4.21. The summed E-state index contributed by atoms with van der Waals surface area (Å²) in [5.74, 6) is -0.279. The lowest BCUT2D eigenvalue weighted by molar-refractivity contribution is -0.143. The summed E-state index contributed by atoms with van der Waals surface area (Å²) in [5.41, 5.74) is 0. The molecule has 1 aliphatic heterocycles. The molecule has 1 N–H and O–H groups in total. The molecule has 1 saturated carbocycles. The van der Waals surface area contributed by atoms with Gasteiger partial charge < -0.3 is 9.84 Å². The van der Waals surface area contributed by atoms with E-state index in [9.17, 15) is 9.90 Å². The van der Waals surface area contributed by atoms with Crippen molar-refractivity contribution in [3.05, 3.63) is 0 Å². The average Bonchev–Trinajstić information content (AvgIpc) is 2.96. The van der Waals surface area contributed by atoms with E-state index in [-0.39, 0.29) is 12.0 Å². The Kier molecular flexibility index (Phi) is 4.40. The number of hydrogen-bond donors (Lipinski definition) is 1. The standard InChI is InChI=1S/C13H23NO3/c1-2-14(7-10-5-3-4-6-10)12-9-17-8-11(12)13(15)16/h10-12H,2-9H2,1H3,(H,15,16). The molecule has 4 heteroatoms. The molecule has 2 fully saturated rings. The topological polar surface area (TPSA) is 49.8 Å². The maximum absolute atomic E-state index is 11.2. The van der Waals surface area contributed by atoms with Crippen LogP contribution in [-0.2, 0) is 9.53 Å². The summed E-state index contributed by atoms with van der Waals surface area (Å²) in [7, 11) is 0. The summed E-state index contributed by atoms with van der Waals surface area (Å²) in [6.45, 7) is 5.05. The van der Waals surface area contributed by atoms with Crippen LogP contribution in [0.1, 0.15) is 32.6 Å². The zero-order valence-corrected chi connectivity index (χ0v) is 10.6. The average molecular weight is 241 g/mol. The summed E-state index contributed by atoms with van der Waals surface area (Å²) in [5, 5.41) is 9.18. The molecule has 0 amide bonds. The number of carbonyl (C=O) groups is 1. The minimum Gasteiger partial charge on any atom is -0.481 e. The van der Waals surface area contributed by atoms with Gasteiger partial charge >= 0.3 is 5.97 Å². The van der Waals surface area contributed by atoms with Crippen molar-refractivity contribution in [2.24, 2.45) is 11.8 Å². The van der Waals surface area contributed by atoms with Crippen LogP contribution in [0.4, 0.5) is 0 Å². The minimum absolute atomic E-state index is 0.0816. The van der Waals surface area contributed by atoms with Crippen molar-refractivity contribution in [2.75, 3.05) is 26.3 Å². The predicted molar refractivity (Wildman–Crippen MR) is 64.9 cm³/mol. The second-order valence-corrected chi connectivity index (χ2v) is 5.29. The molecule has 2 aliphatic rings. The van der Waals surface area contributed by atoms with Crippen LogP contribution >= 0.6 is 0 Å². The van der Waals surface area contributed by atoms with Crippen LogP contribution < -0.4 is 0 Å². The minimum atomic E-state index is -0.711. The number of hydrogen-bond acceptors (Lipinski definition) is 3. The predicted octanol–water partition coefficient (Wildman–Crippen LogP) is 1.60. The van der Waals surface area contributed by atoms with E-state index in [1.54, 1.807) is 0 Å². The van der Waals surface area contributed by atoms with Gasteiger partial charge in [-0.15, -0.1) is 0 Å². The van der Waals surface area contributed by atoms with Crippen LogP contribution in [0, 0.1) is 11.8 Å². The van der Waals surface area contributed by atoms with Crippen LogP contribution in [-0.4, -0.2) is 48.3 Å². The van der Waals surface area contributed by atoms with Gasteiger partial charge in [-0.3, -0.25) is 9.69 Å². The molecule has 0 bridgehead atoms. The van der Waals surface area contributed by atoms with Crippen molar-refractivity contribution >= 4 is 5.97 Å². The molecule has 0 aromatic rings. The van der Waals surface area contributed by atoms with Gasteiger partial charge in [-0.2, -0.15) is 0 Å². The van der Waals surface area contributed by atoms with E-state index in [1.807, 2.05) is 0 Å². The van der Waals surface area contributed by atoms with Crippen LogP contribution in [0.3, 0.4) is 0 Å². The van der Waals surface area contributed by atoms with Gasteiger partial charge in [0.1, 0.15) is 0 Å². The monoisotopic (exact) mass is 241 g/mol. The summed E-state index contributed by atoms with van der Waals surface area (Å²) >= 11 is 0. The Bertz CT molecular complexity index is 263. The van der Waals surface area contributed by atoms with Crippen molar-refractivity contribution in [2.45, 2.75) is 38.6 Å². The molecule has 2 unspecified atom stereocenters. The van der Waals surface area contributed by atoms with Crippen molar-refractivity contribution in [3.63, 3.8) is 0 Å². The Hall–Kier alpha value is -0.610. The highest BCUT2D eigenvalue weighted by Gasteiger charge is 2.38. The summed E-state index contributed by atoms with van der Waals surface area (Å²) in [6, 6.07) is 0.0816. The Balaban J connectivity index is 1.94. The molecule has 2 atom stereocenters. The van der Waals surface area contributed by atoms with Crippen LogP contribution in [0.2, 0.25) is 0 Å². The van der Waals surface area contributed by atoms with E-state index in [0.29, 0.717) is 13.2 Å². The maximum atomic E-state index is 11.2. The van der Waals surface area contributed by atoms with Gasteiger partial charge in [0, 0.05) is 12.6 Å². The maximum Gasteiger partial charge on any atom is 0.310 e. The Morgan fingerprint density at radius 1 is 1.35 bits per heavy atom. The molecule has 0 radical (unpaired) electrons. The Morgan fingerprint density at radius 3 is 2.65 bits per heavy atom. The number of aliphatic carboxylic acids is 1. The van der Waals surface area contributed by atoms with Crippen molar-refractivity contribution in [1.29, 1.82) is 0 Å². The van der Waals surface area contributed by atoms with E-state index < -0.39 is 5.97 Å². The lowest BCUT2D eigenvalue weighted by atomic mass is 10.00. The largest absolute Gasteiger partial charge is 0.481 e. The van der Waals surface area contributed by atoms with Gasteiger partial charge in [0.25, 0.3) is 0 Å². The third kappa shape index (κ3) is 2.99. The number of carboxylic acids is 1. The molecule has 2 rings (SSSR count). The number of nitrogens with zero attached hydrogens (tertiary/aromatic N) is 1.